The summed E-state index contributed by atoms with van der Waals surface area (Å²) in [4.78, 5) is 50.5. The molecule has 0 spiro atoms. The number of ether oxygens (including phenoxy) is 1. The van der Waals surface area contributed by atoms with E-state index >= 15 is 0 Å². The Labute approximate surface area is 202 Å². The van der Waals surface area contributed by atoms with E-state index in [2.05, 4.69) is 21.8 Å². The van der Waals surface area contributed by atoms with E-state index in [0.717, 1.165) is 0 Å². The Balaban J connectivity index is 1.75. The molecule has 0 N–H and O–H groups in total. The number of anilines is 1. The van der Waals surface area contributed by atoms with E-state index in [1.807, 2.05) is 25.7 Å². The number of carbonyl (C=O) groups is 1. The minimum Gasteiger partial charge on any atom is -0.444 e. The number of rotatable bonds is 3. The highest BCUT2D eigenvalue weighted by Gasteiger charge is 2.29. The number of fused-ring (bicyclic) bond motifs is 1. The third kappa shape index (κ3) is 4.77. The number of aromatic nitrogens is 5. The van der Waals surface area contributed by atoms with Crippen LogP contribution in [-0.2, 0) is 18.3 Å². The molecule has 1 aliphatic rings. The van der Waals surface area contributed by atoms with Crippen LogP contribution >= 0.6 is 0 Å². The largest absolute Gasteiger partial charge is 0.444 e. The third-order valence-electron chi connectivity index (χ3n) is 5.66. The Morgan fingerprint density at radius 3 is 2.46 bits per heavy atom. The topological polar surface area (TPSA) is 107 Å². The molecule has 184 valence electrons. The molecule has 1 fully saturated rings. The van der Waals surface area contributed by atoms with Gasteiger partial charge in [-0.3, -0.25) is 9.36 Å². The molecule has 11 nitrogen and oxygen atoms in total. The molecule has 1 aliphatic heterocycles. The van der Waals surface area contributed by atoms with Crippen LogP contribution in [-0.4, -0.2) is 66.4 Å². The van der Waals surface area contributed by atoms with Gasteiger partial charge >= 0.3 is 11.8 Å². The highest BCUT2D eigenvalue weighted by molar-refractivity contribution is 5.85. The zero-order chi connectivity index (χ0) is 25.3. The van der Waals surface area contributed by atoms with Gasteiger partial charge in [-0.25, -0.2) is 24.1 Å². The van der Waals surface area contributed by atoms with E-state index in [0.29, 0.717) is 48.8 Å². The molecule has 1 saturated heterocycles. The van der Waals surface area contributed by atoms with E-state index < -0.39 is 5.60 Å². The molecular formula is C24H29N7O4. The van der Waals surface area contributed by atoms with Gasteiger partial charge < -0.3 is 19.1 Å². The summed E-state index contributed by atoms with van der Waals surface area (Å²) in [6.07, 6.45) is 2.67. The third-order valence-corrected chi connectivity index (χ3v) is 5.66. The summed E-state index contributed by atoms with van der Waals surface area (Å²) in [6, 6.07) is 3.01. The van der Waals surface area contributed by atoms with Crippen molar-refractivity contribution >= 4 is 23.1 Å². The molecule has 0 radical (unpaired) electrons. The standard InChI is InChI=1S/C24H29N7O4/c1-6-7-10-30-19-20(28-11-13-29(14-12-28)23(34)35-24(2,3)4)25-16-26-21(19)31(22(30)33)17-8-9-18(32)27(5)15-17/h8-9,15-16H,10-14H2,1-5H3. The lowest BCUT2D eigenvalue weighted by molar-refractivity contribution is 0.0240. The molecule has 3 aromatic heterocycles. The molecule has 11 heteroatoms. The summed E-state index contributed by atoms with van der Waals surface area (Å²) in [7, 11) is 1.63. The van der Waals surface area contributed by atoms with Gasteiger partial charge in [0.15, 0.2) is 11.5 Å². The second-order valence-corrected chi connectivity index (χ2v) is 9.29. The first-order chi connectivity index (χ1) is 16.6. The van der Waals surface area contributed by atoms with Crippen molar-refractivity contribution in [1.82, 2.24) is 28.6 Å². The number of nitrogens with zero attached hydrogens (tertiary/aromatic N) is 7. The maximum Gasteiger partial charge on any atom is 0.410 e. The monoisotopic (exact) mass is 479 g/mol. The first-order valence-electron chi connectivity index (χ1n) is 11.4. The fourth-order valence-corrected chi connectivity index (χ4v) is 3.98. The van der Waals surface area contributed by atoms with E-state index in [-0.39, 0.29) is 23.9 Å². The van der Waals surface area contributed by atoms with Crippen molar-refractivity contribution < 1.29 is 9.53 Å². The smallest absolute Gasteiger partial charge is 0.410 e. The van der Waals surface area contributed by atoms with Crippen molar-refractivity contribution in [3.8, 4) is 17.5 Å². The lowest BCUT2D eigenvalue weighted by Crippen LogP contribution is -2.50. The van der Waals surface area contributed by atoms with Crippen LogP contribution in [0.25, 0.3) is 16.9 Å². The fraction of sp³-hybridized carbons (Fsp3) is 0.458. The van der Waals surface area contributed by atoms with Gasteiger partial charge in [0.05, 0.1) is 12.2 Å². The first kappa shape index (κ1) is 24.1. The van der Waals surface area contributed by atoms with Gasteiger partial charge in [0.1, 0.15) is 17.4 Å². The lowest BCUT2D eigenvalue weighted by Gasteiger charge is -2.36. The van der Waals surface area contributed by atoms with Gasteiger partial charge in [-0.15, -0.1) is 5.92 Å². The molecule has 0 unspecified atom stereocenters. The molecule has 3 aromatic rings. The van der Waals surface area contributed by atoms with E-state index in [1.54, 1.807) is 35.7 Å². The highest BCUT2D eigenvalue weighted by atomic mass is 16.6. The van der Waals surface area contributed by atoms with Crippen LogP contribution in [0.5, 0.6) is 0 Å². The van der Waals surface area contributed by atoms with Crippen molar-refractivity contribution in [2.75, 3.05) is 31.1 Å². The predicted molar refractivity (Wildman–Crippen MR) is 132 cm³/mol. The van der Waals surface area contributed by atoms with Crippen molar-refractivity contribution in [3.05, 3.63) is 45.5 Å². The summed E-state index contributed by atoms with van der Waals surface area (Å²) < 4.78 is 9.92. The summed E-state index contributed by atoms with van der Waals surface area (Å²) in [5.74, 6) is 6.39. The zero-order valence-electron chi connectivity index (χ0n) is 20.6. The zero-order valence-corrected chi connectivity index (χ0v) is 20.6. The van der Waals surface area contributed by atoms with Gasteiger partial charge in [-0.1, -0.05) is 5.92 Å². The summed E-state index contributed by atoms with van der Waals surface area (Å²) in [5, 5.41) is 0. The van der Waals surface area contributed by atoms with Crippen LogP contribution in [0.4, 0.5) is 10.6 Å². The molecule has 0 atom stereocenters. The summed E-state index contributed by atoms with van der Waals surface area (Å²) in [5.41, 5.74) is 0.430. The average molecular weight is 480 g/mol. The summed E-state index contributed by atoms with van der Waals surface area (Å²) in [6.45, 7) is 9.36. The van der Waals surface area contributed by atoms with Crippen LogP contribution < -0.4 is 16.1 Å². The SMILES string of the molecule is CC#CCn1c(=O)n(-c2ccc(=O)n(C)c2)c2ncnc(N3CCN(C(=O)OC(C)(C)C)CC3)c21. The van der Waals surface area contributed by atoms with Gasteiger partial charge in [0, 0.05) is 45.5 Å². The van der Waals surface area contributed by atoms with E-state index in [1.165, 1.54) is 21.5 Å². The first-order valence-corrected chi connectivity index (χ1v) is 11.4. The van der Waals surface area contributed by atoms with Crippen molar-refractivity contribution in [3.63, 3.8) is 0 Å². The van der Waals surface area contributed by atoms with Gasteiger partial charge in [0.25, 0.3) is 0 Å². The molecule has 0 bridgehead atoms. The Hall–Kier alpha value is -4.07. The molecule has 1 amide bonds. The summed E-state index contributed by atoms with van der Waals surface area (Å²) >= 11 is 0. The quantitative estimate of drug-likeness (QED) is 0.522. The van der Waals surface area contributed by atoms with Crippen molar-refractivity contribution in [2.24, 2.45) is 7.05 Å². The minimum absolute atomic E-state index is 0.169. The molecule has 4 rings (SSSR count). The molecule has 0 aliphatic carbocycles. The van der Waals surface area contributed by atoms with Gasteiger partial charge in [-0.05, 0) is 33.8 Å². The molecule has 35 heavy (non-hydrogen) atoms. The minimum atomic E-state index is -0.562. The van der Waals surface area contributed by atoms with Crippen LogP contribution in [0.15, 0.2) is 34.2 Å². The van der Waals surface area contributed by atoms with Crippen LogP contribution in [0.1, 0.15) is 27.7 Å². The molecule has 0 aromatic carbocycles. The number of pyridine rings is 1. The van der Waals surface area contributed by atoms with E-state index in [4.69, 9.17) is 4.74 Å². The molecular weight excluding hydrogens is 450 g/mol. The second kappa shape index (κ2) is 9.29. The van der Waals surface area contributed by atoms with Crippen molar-refractivity contribution in [1.29, 1.82) is 0 Å². The van der Waals surface area contributed by atoms with Crippen LogP contribution in [0.3, 0.4) is 0 Å². The Bertz CT molecular complexity index is 1440. The number of aryl methyl sites for hydroxylation is 1. The maximum atomic E-state index is 13.5. The van der Waals surface area contributed by atoms with Crippen molar-refractivity contribution in [2.45, 2.75) is 39.8 Å². The van der Waals surface area contributed by atoms with Crippen LogP contribution in [0.2, 0.25) is 0 Å². The lowest BCUT2D eigenvalue weighted by atomic mass is 10.2. The van der Waals surface area contributed by atoms with Gasteiger partial charge in [-0.2, -0.15) is 0 Å². The Morgan fingerprint density at radius 2 is 1.83 bits per heavy atom. The number of amides is 1. The molecule has 4 heterocycles. The number of hydrogen-bond acceptors (Lipinski definition) is 7. The van der Waals surface area contributed by atoms with E-state index in [9.17, 15) is 14.4 Å². The number of carbonyl (C=O) groups excluding carboxylic acids is 1. The Morgan fingerprint density at radius 1 is 1.11 bits per heavy atom. The number of imidazole rings is 1. The number of hydrogen-bond donors (Lipinski definition) is 0. The second-order valence-electron chi connectivity index (χ2n) is 9.29. The number of piperazine rings is 1. The Kier molecular flexibility index (Phi) is 6.39. The normalized spacial score (nSPS) is 14.1. The highest BCUT2D eigenvalue weighted by Crippen LogP contribution is 2.25. The molecule has 0 saturated carbocycles. The fourth-order valence-electron chi connectivity index (χ4n) is 3.98. The maximum absolute atomic E-state index is 13.5. The van der Waals surface area contributed by atoms with Crippen LogP contribution in [0, 0.1) is 11.8 Å². The predicted octanol–water partition coefficient (Wildman–Crippen LogP) is 1.36. The average Bonchev–Trinajstić information content (AvgIpc) is 3.09. The van der Waals surface area contributed by atoms with Gasteiger partial charge in [0.2, 0.25) is 5.56 Å².